The van der Waals surface area contributed by atoms with Crippen molar-refractivity contribution in [1.29, 1.82) is 0 Å². The maximum Gasteiger partial charge on any atom is 0.303 e. The standard InChI is InChI=1S/C24H24INO5S/c1-17(14-24(27)28)15-26-32(29,30)23-9-5-3-7-21(23)18-10-12-20(13-11-18)31-16-19-6-2-4-8-22(19)25/h2-13,17,26H,14-16H2,1H3,(H,27,28). The number of carboxylic acids is 1. The normalized spacial score (nSPS) is 12.3. The average molecular weight is 565 g/mol. The number of benzene rings is 3. The Morgan fingerprint density at radius 2 is 1.69 bits per heavy atom. The summed E-state index contributed by atoms with van der Waals surface area (Å²) in [5.41, 5.74) is 2.40. The second-order valence-electron chi connectivity index (χ2n) is 7.46. The largest absolute Gasteiger partial charge is 0.489 e. The summed E-state index contributed by atoms with van der Waals surface area (Å²) in [5.74, 6) is -0.589. The van der Waals surface area contributed by atoms with Crippen LogP contribution in [0.2, 0.25) is 0 Å². The molecule has 0 aliphatic rings. The molecule has 0 heterocycles. The van der Waals surface area contributed by atoms with Gasteiger partial charge in [-0.25, -0.2) is 13.1 Å². The predicted molar refractivity (Wildman–Crippen MR) is 132 cm³/mol. The summed E-state index contributed by atoms with van der Waals surface area (Å²) in [4.78, 5) is 11.0. The molecule has 2 N–H and O–H groups in total. The molecule has 0 saturated heterocycles. The zero-order chi connectivity index (χ0) is 23.1. The van der Waals surface area contributed by atoms with Crippen molar-refractivity contribution in [3.05, 3.63) is 81.9 Å². The molecule has 6 nitrogen and oxygen atoms in total. The monoisotopic (exact) mass is 565 g/mol. The van der Waals surface area contributed by atoms with Crippen LogP contribution in [0, 0.1) is 9.49 Å². The van der Waals surface area contributed by atoms with Crippen molar-refractivity contribution >= 4 is 38.6 Å². The summed E-state index contributed by atoms with van der Waals surface area (Å²) < 4.78 is 35.3. The van der Waals surface area contributed by atoms with Crippen molar-refractivity contribution in [1.82, 2.24) is 4.72 Å². The summed E-state index contributed by atoms with van der Waals surface area (Å²) in [6, 6.07) is 22.0. The van der Waals surface area contributed by atoms with E-state index in [9.17, 15) is 13.2 Å². The molecule has 0 aliphatic heterocycles. The van der Waals surface area contributed by atoms with Gasteiger partial charge < -0.3 is 9.84 Å². The van der Waals surface area contributed by atoms with Crippen LogP contribution in [0.15, 0.2) is 77.7 Å². The second-order valence-corrected chi connectivity index (χ2v) is 10.4. The lowest BCUT2D eigenvalue weighted by atomic mass is 10.1. The van der Waals surface area contributed by atoms with E-state index in [0.29, 0.717) is 17.9 Å². The zero-order valence-electron chi connectivity index (χ0n) is 17.5. The van der Waals surface area contributed by atoms with Crippen molar-refractivity contribution in [2.24, 2.45) is 5.92 Å². The van der Waals surface area contributed by atoms with Crippen LogP contribution < -0.4 is 9.46 Å². The maximum atomic E-state index is 12.9. The van der Waals surface area contributed by atoms with Gasteiger partial charge in [0, 0.05) is 27.7 Å². The number of nitrogens with one attached hydrogen (secondary N) is 1. The number of carboxylic acid groups (broad SMARTS) is 1. The summed E-state index contributed by atoms with van der Waals surface area (Å²) in [6.07, 6.45) is -0.104. The van der Waals surface area contributed by atoms with Gasteiger partial charge in [0.15, 0.2) is 0 Å². The fraction of sp³-hybridized carbons (Fsp3) is 0.208. The Hall–Kier alpha value is -2.43. The zero-order valence-corrected chi connectivity index (χ0v) is 20.5. The lowest BCUT2D eigenvalue weighted by Crippen LogP contribution is -2.29. The van der Waals surface area contributed by atoms with Crippen LogP contribution in [-0.4, -0.2) is 26.0 Å². The lowest BCUT2D eigenvalue weighted by molar-refractivity contribution is -0.137. The van der Waals surface area contributed by atoms with Crippen LogP contribution in [0.3, 0.4) is 0 Å². The van der Waals surface area contributed by atoms with E-state index in [1.807, 2.05) is 48.5 Å². The Morgan fingerprint density at radius 1 is 1.03 bits per heavy atom. The number of hydrogen-bond acceptors (Lipinski definition) is 4. The summed E-state index contributed by atoms with van der Waals surface area (Å²) in [5, 5.41) is 8.87. The van der Waals surface area contributed by atoms with Crippen molar-refractivity contribution < 1.29 is 23.1 Å². The van der Waals surface area contributed by atoms with Crippen LogP contribution >= 0.6 is 22.6 Å². The lowest BCUT2D eigenvalue weighted by Gasteiger charge is -2.14. The van der Waals surface area contributed by atoms with E-state index in [1.54, 1.807) is 31.2 Å². The van der Waals surface area contributed by atoms with Gasteiger partial charge in [0.25, 0.3) is 0 Å². The van der Waals surface area contributed by atoms with Gasteiger partial charge in [-0.3, -0.25) is 4.79 Å². The molecule has 3 aromatic carbocycles. The molecule has 0 aromatic heterocycles. The molecule has 1 atom stereocenters. The van der Waals surface area contributed by atoms with E-state index < -0.39 is 16.0 Å². The molecule has 0 spiro atoms. The minimum absolute atomic E-state index is 0.0496. The van der Waals surface area contributed by atoms with Gasteiger partial charge in [-0.2, -0.15) is 0 Å². The molecule has 0 fully saturated rings. The quantitative estimate of drug-likeness (QED) is 0.341. The van der Waals surface area contributed by atoms with Gasteiger partial charge in [-0.1, -0.05) is 55.5 Å². The molecule has 1 unspecified atom stereocenters. The number of sulfonamides is 1. The summed E-state index contributed by atoms with van der Waals surface area (Å²) in [6.45, 7) is 2.19. The van der Waals surface area contributed by atoms with Crippen LogP contribution in [-0.2, 0) is 21.4 Å². The molecule has 0 amide bonds. The molecular weight excluding hydrogens is 541 g/mol. The highest BCUT2D eigenvalue weighted by molar-refractivity contribution is 14.1. The number of aliphatic carboxylic acids is 1. The summed E-state index contributed by atoms with van der Waals surface area (Å²) >= 11 is 2.27. The first kappa shape index (κ1) is 24.2. The van der Waals surface area contributed by atoms with Crippen molar-refractivity contribution in [3.8, 4) is 16.9 Å². The fourth-order valence-corrected chi connectivity index (χ4v) is 5.08. The van der Waals surface area contributed by atoms with E-state index in [1.165, 1.54) is 0 Å². The topological polar surface area (TPSA) is 92.7 Å². The third-order valence-electron chi connectivity index (χ3n) is 4.84. The van der Waals surface area contributed by atoms with Crippen LogP contribution in [0.4, 0.5) is 0 Å². The molecule has 3 rings (SSSR count). The van der Waals surface area contributed by atoms with E-state index in [4.69, 9.17) is 9.84 Å². The third kappa shape index (κ3) is 6.54. The highest BCUT2D eigenvalue weighted by Gasteiger charge is 2.20. The van der Waals surface area contributed by atoms with Crippen LogP contribution in [0.5, 0.6) is 5.75 Å². The molecule has 0 saturated carbocycles. The van der Waals surface area contributed by atoms with Crippen LogP contribution in [0.1, 0.15) is 18.9 Å². The Balaban J connectivity index is 1.74. The molecule has 0 radical (unpaired) electrons. The van der Waals surface area contributed by atoms with Gasteiger partial charge in [0.05, 0.1) is 4.90 Å². The van der Waals surface area contributed by atoms with Gasteiger partial charge >= 0.3 is 5.97 Å². The van der Waals surface area contributed by atoms with Crippen molar-refractivity contribution in [2.75, 3.05) is 6.54 Å². The van der Waals surface area contributed by atoms with Gasteiger partial charge in [0.1, 0.15) is 12.4 Å². The van der Waals surface area contributed by atoms with E-state index in [-0.39, 0.29) is 23.8 Å². The van der Waals surface area contributed by atoms with Crippen molar-refractivity contribution in [2.45, 2.75) is 24.8 Å². The molecule has 3 aromatic rings. The second kappa shape index (κ2) is 10.9. The number of rotatable bonds is 10. The minimum Gasteiger partial charge on any atom is -0.489 e. The molecule has 0 aliphatic carbocycles. The Morgan fingerprint density at radius 3 is 2.38 bits per heavy atom. The molecule has 32 heavy (non-hydrogen) atoms. The van der Waals surface area contributed by atoms with Gasteiger partial charge in [-0.15, -0.1) is 0 Å². The Bertz CT molecular complexity index is 1180. The summed E-state index contributed by atoms with van der Waals surface area (Å²) in [7, 11) is -3.81. The smallest absolute Gasteiger partial charge is 0.303 e. The number of ether oxygens (including phenoxy) is 1. The minimum atomic E-state index is -3.81. The van der Waals surface area contributed by atoms with Crippen molar-refractivity contribution in [3.63, 3.8) is 0 Å². The molecule has 8 heteroatoms. The Kier molecular flexibility index (Phi) is 8.27. The molecular formula is C24H24INO5S. The average Bonchev–Trinajstić information content (AvgIpc) is 2.77. The fourth-order valence-electron chi connectivity index (χ4n) is 3.15. The van der Waals surface area contributed by atoms with E-state index in [2.05, 4.69) is 27.3 Å². The number of carbonyl (C=O) groups is 1. The highest BCUT2D eigenvalue weighted by atomic mass is 127. The first-order valence-electron chi connectivity index (χ1n) is 10.0. The first-order valence-corrected chi connectivity index (χ1v) is 12.6. The van der Waals surface area contributed by atoms with Gasteiger partial charge in [0.2, 0.25) is 10.0 Å². The first-order chi connectivity index (χ1) is 15.3. The van der Waals surface area contributed by atoms with E-state index in [0.717, 1.165) is 14.7 Å². The Labute approximate surface area is 201 Å². The predicted octanol–water partition coefficient (Wildman–Crippen LogP) is 4.93. The molecule has 168 valence electrons. The van der Waals surface area contributed by atoms with Gasteiger partial charge in [-0.05, 0) is 58.3 Å². The third-order valence-corrected chi connectivity index (χ3v) is 7.37. The SMILES string of the molecule is CC(CNS(=O)(=O)c1ccccc1-c1ccc(OCc2ccccc2I)cc1)CC(=O)O. The molecule has 0 bridgehead atoms. The number of halogens is 1. The maximum absolute atomic E-state index is 12.9. The van der Waals surface area contributed by atoms with E-state index >= 15 is 0 Å². The number of hydrogen-bond donors (Lipinski definition) is 2. The van der Waals surface area contributed by atoms with Crippen LogP contribution in [0.25, 0.3) is 11.1 Å². The highest BCUT2D eigenvalue weighted by Crippen LogP contribution is 2.29.